The number of nitrogens with zero attached hydrogens (tertiary/aromatic N) is 1. The molecule has 1 aliphatic heterocycles. The first-order valence-electron chi connectivity index (χ1n) is 6.35. The molecule has 2 atom stereocenters. The van der Waals surface area contributed by atoms with E-state index in [4.69, 9.17) is 5.11 Å². The quantitative estimate of drug-likeness (QED) is 0.920. The Kier molecular flexibility index (Phi) is 3.95. The minimum absolute atomic E-state index is 0.325. The smallest absolute Gasteiger partial charge is 0.335 e. The van der Waals surface area contributed by atoms with Crippen molar-refractivity contribution in [2.24, 2.45) is 0 Å². The highest BCUT2D eigenvalue weighted by Gasteiger charge is 2.30. The molecule has 4 heteroatoms. The van der Waals surface area contributed by atoms with Crippen molar-refractivity contribution in [3.63, 3.8) is 0 Å². The molecule has 0 spiro atoms. The van der Waals surface area contributed by atoms with Crippen LogP contribution in [0.3, 0.4) is 0 Å². The number of hydrogen-bond donors (Lipinski definition) is 1. The summed E-state index contributed by atoms with van der Waals surface area (Å²) in [5.74, 6) is -0.885. The monoisotopic (exact) mass is 311 g/mol. The van der Waals surface area contributed by atoms with Gasteiger partial charge in [-0.1, -0.05) is 6.92 Å². The van der Waals surface area contributed by atoms with Crippen LogP contribution >= 0.6 is 15.9 Å². The van der Waals surface area contributed by atoms with Crippen molar-refractivity contribution in [2.75, 3.05) is 4.90 Å². The number of carboxylic acid groups (broad SMARTS) is 1. The molecule has 2 unspecified atom stereocenters. The molecule has 1 saturated heterocycles. The lowest BCUT2D eigenvalue weighted by Crippen LogP contribution is -2.34. The van der Waals surface area contributed by atoms with E-state index in [0.29, 0.717) is 17.6 Å². The zero-order chi connectivity index (χ0) is 13.3. The molecule has 98 valence electrons. The van der Waals surface area contributed by atoms with Gasteiger partial charge in [0.2, 0.25) is 0 Å². The largest absolute Gasteiger partial charge is 0.478 e. The number of rotatable bonds is 3. The van der Waals surface area contributed by atoms with Gasteiger partial charge in [-0.2, -0.15) is 0 Å². The van der Waals surface area contributed by atoms with Crippen molar-refractivity contribution in [2.45, 2.75) is 45.2 Å². The Morgan fingerprint density at radius 3 is 2.78 bits per heavy atom. The zero-order valence-electron chi connectivity index (χ0n) is 10.7. The normalized spacial score (nSPS) is 23.4. The summed E-state index contributed by atoms with van der Waals surface area (Å²) in [6, 6.07) is 6.36. The maximum Gasteiger partial charge on any atom is 0.335 e. The lowest BCUT2D eigenvalue weighted by molar-refractivity contribution is 0.0697. The predicted molar refractivity (Wildman–Crippen MR) is 76.4 cm³/mol. The van der Waals surface area contributed by atoms with E-state index in [1.54, 1.807) is 12.1 Å². The Morgan fingerprint density at radius 2 is 2.22 bits per heavy atom. The summed E-state index contributed by atoms with van der Waals surface area (Å²) in [5.41, 5.74) is 1.43. The topological polar surface area (TPSA) is 40.5 Å². The Balaban J connectivity index is 2.35. The van der Waals surface area contributed by atoms with E-state index in [0.717, 1.165) is 16.6 Å². The first-order chi connectivity index (χ1) is 8.54. The molecule has 0 bridgehead atoms. The summed E-state index contributed by atoms with van der Waals surface area (Å²) in [5, 5.41) is 8.98. The van der Waals surface area contributed by atoms with Gasteiger partial charge in [-0.15, -0.1) is 0 Å². The second-order valence-corrected chi connectivity index (χ2v) is 5.72. The molecule has 1 fully saturated rings. The Bertz CT molecular complexity index is 461. The summed E-state index contributed by atoms with van der Waals surface area (Å²) in [7, 11) is 0. The van der Waals surface area contributed by atoms with E-state index in [9.17, 15) is 4.79 Å². The molecular formula is C14H18BrNO2. The van der Waals surface area contributed by atoms with E-state index < -0.39 is 5.97 Å². The van der Waals surface area contributed by atoms with Crippen LogP contribution in [0.15, 0.2) is 22.7 Å². The molecular weight excluding hydrogens is 294 g/mol. The molecule has 1 N–H and O–H groups in total. The molecule has 0 aromatic heterocycles. The van der Waals surface area contributed by atoms with Gasteiger partial charge >= 0.3 is 5.97 Å². The molecule has 2 rings (SSSR count). The Morgan fingerprint density at radius 1 is 1.50 bits per heavy atom. The predicted octanol–water partition coefficient (Wildman–Crippen LogP) is 3.91. The molecule has 1 aromatic rings. The third-order valence-electron chi connectivity index (χ3n) is 3.73. The van der Waals surface area contributed by atoms with Crippen LogP contribution < -0.4 is 4.90 Å². The summed E-state index contributed by atoms with van der Waals surface area (Å²) >= 11 is 3.50. The van der Waals surface area contributed by atoms with E-state index in [1.807, 2.05) is 6.07 Å². The van der Waals surface area contributed by atoms with Gasteiger partial charge in [0.15, 0.2) is 0 Å². The van der Waals surface area contributed by atoms with E-state index in [2.05, 4.69) is 34.7 Å². The van der Waals surface area contributed by atoms with Gasteiger partial charge in [0.25, 0.3) is 0 Å². The van der Waals surface area contributed by atoms with Crippen LogP contribution in [0.2, 0.25) is 0 Å². The minimum Gasteiger partial charge on any atom is -0.478 e. The fourth-order valence-electron chi connectivity index (χ4n) is 2.76. The summed E-state index contributed by atoms with van der Waals surface area (Å²) in [6.45, 7) is 4.43. The highest BCUT2D eigenvalue weighted by molar-refractivity contribution is 9.10. The molecule has 1 heterocycles. The Labute approximate surface area is 116 Å². The average Bonchev–Trinajstić information content (AvgIpc) is 2.70. The molecule has 1 aromatic carbocycles. The van der Waals surface area contributed by atoms with Crippen molar-refractivity contribution in [1.29, 1.82) is 0 Å². The number of benzene rings is 1. The maximum absolute atomic E-state index is 10.9. The van der Waals surface area contributed by atoms with E-state index in [-0.39, 0.29) is 0 Å². The number of anilines is 1. The highest BCUT2D eigenvalue weighted by Crippen LogP contribution is 2.36. The first kappa shape index (κ1) is 13.4. The second-order valence-electron chi connectivity index (χ2n) is 4.87. The van der Waals surface area contributed by atoms with Gasteiger partial charge in [-0.25, -0.2) is 4.79 Å². The summed E-state index contributed by atoms with van der Waals surface area (Å²) in [4.78, 5) is 13.3. The number of hydrogen-bond acceptors (Lipinski definition) is 2. The van der Waals surface area contributed by atoms with Crippen LogP contribution in [0.25, 0.3) is 0 Å². The third kappa shape index (κ3) is 2.39. The van der Waals surface area contributed by atoms with Crippen molar-refractivity contribution in [1.82, 2.24) is 0 Å². The van der Waals surface area contributed by atoms with Gasteiger partial charge < -0.3 is 10.0 Å². The maximum atomic E-state index is 10.9. The van der Waals surface area contributed by atoms with Crippen molar-refractivity contribution >= 4 is 27.6 Å². The Hall–Kier alpha value is -1.03. The highest BCUT2D eigenvalue weighted by atomic mass is 79.9. The number of carbonyl (C=O) groups is 1. The fraction of sp³-hybridized carbons (Fsp3) is 0.500. The standard InChI is InChI=1S/C14H18BrNO2/c1-3-11-6-4-9(2)16(11)13-7-5-10(14(17)18)8-12(13)15/h5,7-9,11H,3-4,6H2,1-2H3,(H,17,18). The lowest BCUT2D eigenvalue weighted by atomic mass is 10.1. The van der Waals surface area contributed by atoms with Crippen LogP contribution in [-0.4, -0.2) is 23.2 Å². The molecule has 0 radical (unpaired) electrons. The number of halogens is 1. The van der Waals surface area contributed by atoms with Gasteiger partial charge in [0.1, 0.15) is 0 Å². The summed E-state index contributed by atoms with van der Waals surface area (Å²) < 4.78 is 0.870. The van der Waals surface area contributed by atoms with Crippen LogP contribution in [0.1, 0.15) is 43.5 Å². The third-order valence-corrected chi connectivity index (χ3v) is 4.37. The number of aromatic carboxylic acids is 1. The second kappa shape index (κ2) is 5.31. The minimum atomic E-state index is -0.885. The van der Waals surface area contributed by atoms with E-state index >= 15 is 0 Å². The molecule has 1 aliphatic rings. The van der Waals surface area contributed by atoms with Crippen LogP contribution in [0.5, 0.6) is 0 Å². The molecule has 0 saturated carbocycles. The van der Waals surface area contributed by atoms with E-state index in [1.165, 1.54) is 12.8 Å². The van der Waals surface area contributed by atoms with Crippen molar-refractivity contribution in [3.05, 3.63) is 28.2 Å². The van der Waals surface area contributed by atoms with Crippen LogP contribution in [-0.2, 0) is 0 Å². The SMILES string of the molecule is CCC1CCC(C)N1c1ccc(C(=O)O)cc1Br. The molecule has 18 heavy (non-hydrogen) atoms. The average molecular weight is 312 g/mol. The fourth-order valence-corrected chi connectivity index (χ4v) is 3.34. The molecule has 0 aliphatic carbocycles. The first-order valence-corrected chi connectivity index (χ1v) is 7.15. The van der Waals surface area contributed by atoms with Gasteiger partial charge in [0, 0.05) is 16.6 Å². The van der Waals surface area contributed by atoms with Crippen LogP contribution in [0.4, 0.5) is 5.69 Å². The van der Waals surface area contributed by atoms with Gasteiger partial charge in [-0.3, -0.25) is 0 Å². The van der Waals surface area contributed by atoms with Gasteiger partial charge in [-0.05, 0) is 60.3 Å². The number of carboxylic acids is 1. The molecule has 0 amide bonds. The summed E-state index contributed by atoms with van der Waals surface area (Å²) in [6.07, 6.45) is 3.54. The van der Waals surface area contributed by atoms with Crippen LogP contribution in [0, 0.1) is 0 Å². The van der Waals surface area contributed by atoms with Crippen molar-refractivity contribution < 1.29 is 9.90 Å². The molecule has 3 nitrogen and oxygen atoms in total. The zero-order valence-corrected chi connectivity index (χ0v) is 12.3. The lowest BCUT2D eigenvalue weighted by Gasteiger charge is -2.31. The van der Waals surface area contributed by atoms with Gasteiger partial charge in [0.05, 0.1) is 11.3 Å². The van der Waals surface area contributed by atoms with Crippen molar-refractivity contribution in [3.8, 4) is 0 Å².